The molecule has 7 heteroatoms. The van der Waals surface area contributed by atoms with Gasteiger partial charge in [0, 0.05) is 29.9 Å². The van der Waals surface area contributed by atoms with Crippen molar-refractivity contribution in [2.75, 3.05) is 0 Å². The molecule has 2 N–H and O–H groups in total. The third-order valence-corrected chi connectivity index (χ3v) is 6.85. The Morgan fingerprint density at radius 2 is 1.72 bits per heavy atom. The summed E-state index contributed by atoms with van der Waals surface area (Å²) in [4.78, 5) is 25.7. The summed E-state index contributed by atoms with van der Waals surface area (Å²) in [7, 11) is 1.79. The van der Waals surface area contributed by atoms with E-state index in [1.165, 1.54) is 12.1 Å². The Hall–Kier alpha value is -2.70. The van der Waals surface area contributed by atoms with Crippen LogP contribution in [0.4, 0.5) is 4.39 Å². The van der Waals surface area contributed by atoms with Gasteiger partial charge in [-0.25, -0.2) is 4.39 Å². The van der Waals surface area contributed by atoms with Crippen LogP contribution in [-0.2, 0) is 7.05 Å². The molecule has 0 saturated heterocycles. The topological polar surface area (TPSA) is 76.0 Å². The molecular weight excluding hydrogens is 371 g/mol. The van der Waals surface area contributed by atoms with E-state index in [0.29, 0.717) is 29.5 Å². The second-order valence-electron chi connectivity index (χ2n) is 9.31. The number of carbonyl (C=O) groups is 2. The summed E-state index contributed by atoms with van der Waals surface area (Å²) in [5.74, 6) is 0.153. The lowest BCUT2D eigenvalue weighted by atomic mass is 9.49. The van der Waals surface area contributed by atoms with Crippen LogP contribution >= 0.6 is 0 Å². The molecule has 4 aliphatic rings. The molecule has 4 fully saturated rings. The largest absolute Gasteiger partial charge is 0.346 e. The summed E-state index contributed by atoms with van der Waals surface area (Å²) < 4.78 is 15.2. The summed E-state index contributed by atoms with van der Waals surface area (Å²) in [6.45, 7) is 0. The maximum Gasteiger partial charge on any atom is 0.272 e. The molecule has 1 heterocycles. The molecule has 4 bridgehead atoms. The molecule has 4 aliphatic carbocycles. The Labute approximate surface area is 168 Å². The molecule has 29 heavy (non-hydrogen) atoms. The van der Waals surface area contributed by atoms with E-state index >= 15 is 0 Å². The average molecular weight is 396 g/mol. The summed E-state index contributed by atoms with van der Waals surface area (Å²) in [5, 5.41) is 10.7. The van der Waals surface area contributed by atoms with Crippen LogP contribution in [0.3, 0.4) is 0 Å². The van der Waals surface area contributed by atoms with Crippen LogP contribution < -0.4 is 10.6 Å². The number of carbonyl (C=O) groups excluding carboxylic acids is 2. The van der Waals surface area contributed by atoms with Gasteiger partial charge in [0.1, 0.15) is 11.5 Å². The molecular formula is C22H25FN4O2. The van der Waals surface area contributed by atoms with Crippen LogP contribution in [0.1, 0.15) is 59.4 Å². The van der Waals surface area contributed by atoms with Crippen molar-refractivity contribution in [3.8, 4) is 0 Å². The van der Waals surface area contributed by atoms with Gasteiger partial charge in [0.05, 0.1) is 0 Å². The van der Waals surface area contributed by atoms with Gasteiger partial charge >= 0.3 is 0 Å². The molecule has 2 amide bonds. The highest BCUT2D eigenvalue weighted by Gasteiger charge is 2.58. The number of amides is 2. The monoisotopic (exact) mass is 396 g/mol. The van der Waals surface area contributed by atoms with E-state index in [4.69, 9.17) is 0 Å². The number of aromatic nitrogens is 2. The second kappa shape index (κ2) is 6.40. The van der Waals surface area contributed by atoms with Crippen LogP contribution in [0.2, 0.25) is 0 Å². The second-order valence-corrected chi connectivity index (χ2v) is 9.31. The molecule has 4 saturated carbocycles. The van der Waals surface area contributed by atoms with Gasteiger partial charge in [-0.3, -0.25) is 14.3 Å². The number of nitrogens with zero attached hydrogens (tertiary/aromatic N) is 2. The molecule has 1 aromatic heterocycles. The molecule has 2 aromatic rings. The number of rotatable bonds is 4. The number of halogens is 1. The Bertz CT molecular complexity index is 971. The van der Waals surface area contributed by atoms with Crippen LogP contribution in [-0.4, -0.2) is 32.7 Å². The first-order chi connectivity index (χ1) is 13.8. The van der Waals surface area contributed by atoms with E-state index in [9.17, 15) is 14.0 Å². The zero-order valence-electron chi connectivity index (χ0n) is 16.5. The third-order valence-electron chi connectivity index (χ3n) is 6.85. The van der Waals surface area contributed by atoms with Gasteiger partial charge in [0.15, 0.2) is 0 Å². The fourth-order valence-electron chi connectivity index (χ4n) is 6.34. The highest BCUT2D eigenvalue weighted by atomic mass is 19.1. The standard InChI is InChI=1S/C22H25FN4O2/c1-27-6-5-18(26-27)20(29)25-22-11-14-7-15(12-22)10-21(9-14,13-22)24-19(28)16-3-2-4-17(23)8-16/h2-6,8,14-15H,7,9-13H2,1H3,(H,24,28)(H,25,29). The average Bonchev–Trinajstić information content (AvgIpc) is 3.06. The van der Waals surface area contributed by atoms with Crippen LogP contribution in [0, 0.1) is 17.7 Å². The summed E-state index contributed by atoms with van der Waals surface area (Å²) in [6, 6.07) is 7.52. The number of benzene rings is 1. The quantitative estimate of drug-likeness (QED) is 0.834. The van der Waals surface area contributed by atoms with Crippen LogP contribution in [0.25, 0.3) is 0 Å². The SMILES string of the molecule is Cn1ccc(C(=O)NC23CC4CC(CC(NC(=O)c5cccc(F)c5)(C4)C2)C3)n1. The van der Waals surface area contributed by atoms with Crippen molar-refractivity contribution in [1.29, 1.82) is 0 Å². The molecule has 152 valence electrons. The van der Waals surface area contributed by atoms with Gasteiger partial charge < -0.3 is 10.6 Å². The molecule has 1 aromatic carbocycles. The molecule has 0 spiro atoms. The fourth-order valence-corrected chi connectivity index (χ4v) is 6.34. The smallest absolute Gasteiger partial charge is 0.272 e. The van der Waals surface area contributed by atoms with E-state index < -0.39 is 5.82 Å². The Kier molecular flexibility index (Phi) is 4.05. The van der Waals surface area contributed by atoms with E-state index in [1.807, 2.05) is 0 Å². The lowest BCUT2D eigenvalue weighted by molar-refractivity contribution is -0.0448. The third kappa shape index (κ3) is 3.32. The summed E-state index contributed by atoms with van der Waals surface area (Å²) in [6.07, 6.45) is 7.36. The van der Waals surface area contributed by atoms with Crippen molar-refractivity contribution in [3.63, 3.8) is 0 Å². The Balaban J connectivity index is 1.38. The van der Waals surface area contributed by atoms with E-state index in [1.54, 1.807) is 36.1 Å². The number of aryl methyl sites for hydroxylation is 1. The maximum absolute atomic E-state index is 13.6. The molecule has 0 aliphatic heterocycles. The first-order valence-electron chi connectivity index (χ1n) is 10.2. The lowest BCUT2D eigenvalue weighted by Gasteiger charge is -2.62. The van der Waals surface area contributed by atoms with Gasteiger partial charge in [-0.05, 0) is 74.6 Å². The highest BCUT2D eigenvalue weighted by Crippen LogP contribution is 2.57. The van der Waals surface area contributed by atoms with Gasteiger partial charge in [-0.15, -0.1) is 0 Å². The summed E-state index contributed by atoms with van der Waals surface area (Å²) >= 11 is 0. The number of hydrogen-bond donors (Lipinski definition) is 2. The normalized spacial score (nSPS) is 32.2. The van der Waals surface area contributed by atoms with Crippen molar-refractivity contribution < 1.29 is 14.0 Å². The van der Waals surface area contributed by atoms with Gasteiger partial charge in [-0.1, -0.05) is 6.07 Å². The molecule has 6 nitrogen and oxygen atoms in total. The van der Waals surface area contributed by atoms with Gasteiger partial charge in [-0.2, -0.15) is 5.10 Å². The zero-order valence-corrected chi connectivity index (χ0v) is 16.5. The zero-order chi connectivity index (χ0) is 20.2. The van der Waals surface area contributed by atoms with Crippen LogP contribution in [0.15, 0.2) is 36.5 Å². The van der Waals surface area contributed by atoms with E-state index in [2.05, 4.69) is 15.7 Å². The highest BCUT2D eigenvalue weighted by molar-refractivity contribution is 5.95. The van der Waals surface area contributed by atoms with Gasteiger partial charge in [0.2, 0.25) is 0 Å². The lowest BCUT2D eigenvalue weighted by Crippen LogP contribution is -2.69. The van der Waals surface area contributed by atoms with Crippen molar-refractivity contribution in [2.45, 2.75) is 49.6 Å². The van der Waals surface area contributed by atoms with Crippen molar-refractivity contribution in [1.82, 2.24) is 20.4 Å². The number of nitrogens with one attached hydrogen (secondary N) is 2. The Morgan fingerprint density at radius 3 is 2.31 bits per heavy atom. The van der Waals surface area contributed by atoms with E-state index in [-0.39, 0.29) is 22.9 Å². The fraction of sp³-hybridized carbons (Fsp3) is 0.500. The molecule has 2 unspecified atom stereocenters. The minimum Gasteiger partial charge on any atom is -0.346 e. The first-order valence-corrected chi connectivity index (χ1v) is 10.2. The Morgan fingerprint density at radius 1 is 1.07 bits per heavy atom. The molecule has 6 rings (SSSR count). The minimum atomic E-state index is -0.415. The minimum absolute atomic E-state index is 0.154. The van der Waals surface area contributed by atoms with Gasteiger partial charge in [0.25, 0.3) is 11.8 Å². The van der Waals surface area contributed by atoms with Crippen LogP contribution in [0.5, 0.6) is 0 Å². The predicted molar refractivity (Wildman–Crippen MR) is 105 cm³/mol. The maximum atomic E-state index is 13.6. The van der Waals surface area contributed by atoms with Crippen molar-refractivity contribution in [3.05, 3.63) is 53.6 Å². The van der Waals surface area contributed by atoms with E-state index in [0.717, 1.165) is 32.1 Å². The van der Waals surface area contributed by atoms with Crippen molar-refractivity contribution in [2.24, 2.45) is 18.9 Å². The predicted octanol–water partition coefficient (Wildman–Crippen LogP) is 2.81. The first kappa shape index (κ1) is 18.3. The summed E-state index contributed by atoms with van der Waals surface area (Å²) in [5.41, 5.74) is 0.104. The van der Waals surface area contributed by atoms with Crippen molar-refractivity contribution >= 4 is 11.8 Å². The molecule has 0 radical (unpaired) electrons. The molecule has 2 atom stereocenters. The number of hydrogen-bond acceptors (Lipinski definition) is 3.